The molecular formula is C21H30N2O4. The molecule has 1 unspecified atom stereocenters. The van der Waals surface area contributed by atoms with E-state index >= 15 is 0 Å². The molecule has 1 atom stereocenters. The Morgan fingerprint density at radius 1 is 1.11 bits per heavy atom. The summed E-state index contributed by atoms with van der Waals surface area (Å²) in [5.41, 5.74) is 0.658. The van der Waals surface area contributed by atoms with Gasteiger partial charge in [-0.2, -0.15) is 0 Å². The highest BCUT2D eigenvalue weighted by molar-refractivity contribution is 5.88. The zero-order valence-corrected chi connectivity index (χ0v) is 17.5. The SMILES string of the molecule is COC(=O)C(N(C)C(=O)OC(C)(C)C)C(C)(C)c1cn(C)c2ccccc12. The number of fused-ring (bicyclic) bond motifs is 1. The normalized spacial score (nSPS) is 13.3. The topological polar surface area (TPSA) is 60.8 Å². The van der Waals surface area contributed by atoms with Crippen LogP contribution in [0.4, 0.5) is 4.79 Å². The van der Waals surface area contributed by atoms with E-state index in [2.05, 4.69) is 0 Å². The Bertz CT molecular complexity index is 845. The summed E-state index contributed by atoms with van der Waals surface area (Å²) >= 11 is 0. The molecule has 0 aliphatic heterocycles. The van der Waals surface area contributed by atoms with Crippen LogP contribution in [0.15, 0.2) is 30.5 Å². The van der Waals surface area contributed by atoms with Gasteiger partial charge in [0.1, 0.15) is 11.6 Å². The van der Waals surface area contributed by atoms with Gasteiger partial charge in [0.15, 0.2) is 0 Å². The molecule has 0 N–H and O–H groups in total. The van der Waals surface area contributed by atoms with Crippen LogP contribution in [-0.4, -0.2) is 47.3 Å². The van der Waals surface area contributed by atoms with Crippen molar-refractivity contribution in [3.05, 3.63) is 36.0 Å². The van der Waals surface area contributed by atoms with Crippen molar-refractivity contribution in [2.45, 2.75) is 51.7 Å². The first kappa shape index (κ1) is 20.8. The number of carbonyl (C=O) groups is 2. The van der Waals surface area contributed by atoms with Crippen molar-refractivity contribution in [1.82, 2.24) is 9.47 Å². The van der Waals surface area contributed by atoms with Gasteiger partial charge < -0.3 is 14.0 Å². The van der Waals surface area contributed by atoms with Crippen molar-refractivity contribution in [3.8, 4) is 0 Å². The van der Waals surface area contributed by atoms with E-state index in [-0.39, 0.29) is 0 Å². The molecule has 1 amide bonds. The maximum atomic E-state index is 12.7. The van der Waals surface area contributed by atoms with E-state index in [0.717, 1.165) is 16.5 Å². The van der Waals surface area contributed by atoms with Crippen LogP contribution in [0.5, 0.6) is 0 Å². The number of ether oxygens (including phenoxy) is 2. The van der Waals surface area contributed by atoms with Crippen LogP contribution in [0, 0.1) is 0 Å². The minimum atomic E-state index is -0.844. The molecule has 0 aliphatic carbocycles. The average Bonchev–Trinajstić information content (AvgIpc) is 2.91. The number of methoxy groups -OCH3 is 1. The first-order valence-corrected chi connectivity index (χ1v) is 8.98. The van der Waals surface area contributed by atoms with Crippen LogP contribution in [0.25, 0.3) is 10.9 Å². The van der Waals surface area contributed by atoms with Gasteiger partial charge in [0.2, 0.25) is 0 Å². The lowest BCUT2D eigenvalue weighted by atomic mass is 9.77. The molecule has 0 saturated carbocycles. The third kappa shape index (κ3) is 4.10. The lowest BCUT2D eigenvalue weighted by molar-refractivity contribution is -0.148. The second-order valence-electron chi connectivity index (χ2n) is 8.41. The van der Waals surface area contributed by atoms with Crippen LogP contribution < -0.4 is 0 Å². The third-order valence-corrected chi connectivity index (χ3v) is 4.77. The minimum absolute atomic E-state index is 0.485. The Hall–Kier alpha value is -2.50. The van der Waals surface area contributed by atoms with E-state index in [4.69, 9.17) is 9.47 Å². The Balaban J connectivity index is 2.54. The number of carbonyl (C=O) groups excluding carboxylic acids is 2. The number of aromatic nitrogens is 1. The molecule has 2 rings (SSSR count). The van der Waals surface area contributed by atoms with E-state index in [0.29, 0.717) is 0 Å². The van der Waals surface area contributed by atoms with Gasteiger partial charge in [-0.3, -0.25) is 4.90 Å². The number of likely N-dealkylation sites (N-methyl/N-ethyl adjacent to an activating group) is 1. The number of rotatable bonds is 4. The van der Waals surface area contributed by atoms with Gasteiger partial charge in [0, 0.05) is 36.6 Å². The lowest BCUT2D eigenvalue weighted by Gasteiger charge is -2.38. The predicted molar refractivity (Wildman–Crippen MR) is 106 cm³/mol. The molecule has 6 heteroatoms. The molecule has 0 aliphatic rings. The molecule has 0 spiro atoms. The van der Waals surface area contributed by atoms with E-state index in [9.17, 15) is 9.59 Å². The molecule has 27 heavy (non-hydrogen) atoms. The number of benzene rings is 1. The molecule has 1 aromatic carbocycles. The zero-order valence-electron chi connectivity index (χ0n) is 17.5. The predicted octanol–water partition coefficient (Wildman–Crippen LogP) is 3.86. The van der Waals surface area contributed by atoms with Gasteiger partial charge in [-0.1, -0.05) is 32.0 Å². The van der Waals surface area contributed by atoms with Crippen molar-refractivity contribution in [2.24, 2.45) is 7.05 Å². The van der Waals surface area contributed by atoms with Crippen LogP contribution in [-0.2, 0) is 26.7 Å². The number of amides is 1. The minimum Gasteiger partial charge on any atom is -0.467 e. The summed E-state index contributed by atoms with van der Waals surface area (Å²) in [7, 11) is 4.87. The monoisotopic (exact) mass is 374 g/mol. The Morgan fingerprint density at radius 3 is 2.26 bits per heavy atom. The summed E-state index contributed by atoms with van der Waals surface area (Å²) in [4.78, 5) is 26.7. The van der Waals surface area contributed by atoms with Crippen molar-refractivity contribution in [1.29, 1.82) is 0 Å². The highest BCUT2D eigenvalue weighted by Gasteiger charge is 2.44. The first-order valence-electron chi connectivity index (χ1n) is 8.98. The van der Waals surface area contributed by atoms with Crippen molar-refractivity contribution < 1.29 is 19.1 Å². The van der Waals surface area contributed by atoms with Crippen molar-refractivity contribution >= 4 is 23.0 Å². The van der Waals surface area contributed by atoms with Crippen LogP contribution in [0.2, 0.25) is 0 Å². The van der Waals surface area contributed by atoms with Gasteiger partial charge in [0.25, 0.3) is 0 Å². The molecule has 6 nitrogen and oxygen atoms in total. The third-order valence-electron chi connectivity index (χ3n) is 4.77. The number of para-hydroxylation sites is 1. The zero-order chi connectivity index (χ0) is 20.6. The fraction of sp³-hybridized carbons (Fsp3) is 0.524. The van der Waals surface area contributed by atoms with Gasteiger partial charge in [-0.25, -0.2) is 9.59 Å². The van der Waals surface area contributed by atoms with Gasteiger partial charge in [-0.15, -0.1) is 0 Å². The van der Waals surface area contributed by atoms with E-state index in [1.54, 1.807) is 27.8 Å². The molecule has 0 bridgehead atoms. The summed E-state index contributed by atoms with van der Waals surface area (Å²) in [5.74, 6) is -0.485. The number of esters is 1. The Labute approximate surface area is 161 Å². The largest absolute Gasteiger partial charge is 0.467 e. The molecule has 1 aromatic heterocycles. The number of aryl methyl sites for hydroxylation is 1. The standard InChI is InChI=1S/C21H30N2O4/c1-20(2,3)27-19(25)23(7)17(18(24)26-8)21(4,5)15-13-22(6)16-12-10-9-11-14(15)16/h9-13,17H,1-8H3. The van der Waals surface area contributed by atoms with E-state index in [1.807, 2.05) is 55.9 Å². The maximum absolute atomic E-state index is 12.7. The second kappa shape index (κ2) is 7.25. The number of hydrogen-bond acceptors (Lipinski definition) is 4. The van der Waals surface area contributed by atoms with E-state index < -0.39 is 29.1 Å². The lowest BCUT2D eigenvalue weighted by Crippen LogP contribution is -2.54. The highest BCUT2D eigenvalue weighted by atomic mass is 16.6. The maximum Gasteiger partial charge on any atom is 0.410 e. The molecule has 148 valence electrons. The van der Waals surface area contributed by atoms with Crippen molar-refractivity contribution in [3.63, 3.8) is 0 Å². The fourth-order valence-electron chi connectivity index (χ4n) is 3.49. The Morgan fingerprint density at radius 2 is 1.70 bits per heavy atom. The van der Waals surface area contributed by atoms with Gasteiger partial charge in [-0.05, 0) is 32.4 Å². The second-order valence-corrected chi connectivity index (χ2v) is 8.41. The summed E-state index contributed by atoms with van der Waals surface area (Å²) in [6.45, 7) is 9.26. The van der Waals surface area contributed by atoms with Gasteiger partial charge in [0.05, 0.1) is 7.11 Å². The summed E-state index contributed by atoms with van der Waals surface area (Å²) in [6.07, 6.45) is 1.44. The summed E-state index contributed by atoms with van der Waals surface area (Å²) in [6, 6.07) is 7.15. The van der Waals surface area contributed by atoms with Crippen LogP contribution in [0.3, 0.4) is 0 Å². The molecule has 0 saturated heterocycles. The quantitative estimate of drug-likeness (QED) is 0.763. The summed E-state index contributed by atoms with van der Waals surface area (Å²) in [5, 5.41) is 1.04. The highest BCUT2D eigenvalue weighted by Crippen LogP contribution is 2.37. The summed E-state index contributed by atoms with van der Waals surface area (Å²) < 4.78 is 12.5. The molecule has 0 radical (unpaired) electrons. The smallest absolute Gasteiger partial charge is 0.410 e. The number of hydrogen-bond donors (Lipinski definition) is 0. The van der Waals surface area contributed by atoms with Gasteiger partial charge >= 0.3 is 12.1 Å². The van der Waals surface area contributed by atoms with Crippen LogP contribution in [0.1, 0.15) is 40.2 Å². The Kier molecular flexibility index (Phi) is 5.59. The molecule has 1 heterocycles. The van der Waals surface area contributed by atoms with Crippen LogP contribution >= 0.6 is 0 Å². The molecule has 2 aromatic rings. The fourth-order valence-corrected chi connectivity index (χ4v) is 3.49. The first-order chi connectivity index (χ1) is 12.4. The molecule has 0 fully saturated rings. The van der Waals surface area contributed by atoms with E-state index in [1.165, 1.54) is 12.0 Å². The average molecular weight is 374 g/mol. The number of nitrogens with zero attached hydrogens (tertiary/aromatic N) is 2. The molecular weight excluding hydrogens is 344 g/mol. The van der Waals surface area contributed by atoms with Crippen molar-refractivity contribution in [2.75, 3.05) is 14.2 Å².